The van der Waals surface area contributed by atoms with Gasteiger partial charge in [0.1, 0.15) is 0 Å². The standard InChI is InChI=1S/C15H20N4O2S/c1-3-13-17-12(9-22-13)7-14(20)19-6-4-5-11(8-19)15-16-10(2)21-18-15/h9,11H,3-8H2,1-2H3/t11-/m0/s1. The number of piperidine rings is 1. The number of nitrogens with zero attached hydrogens (tertiary/aromatic N) is 4. The van der Waals surface area contributed by atoms with Gasteiger partial charge in [0.15, 0.2) is 5.82 Å². The first-order chi connectivity index (χ1) is 10.7. The van der Waals surface area contributed by atoms with Gasteiger partial charge in [0.25, 0.3) is 0 Å². The molecule has 3 rings (SSSR count). The summed E-state index contributed by atoms with van der Waals surface area (Å²) in [7, 11) is 0. The summed E-state index contributed by atoms with van der Waals surface area (Å²) < 4.78 is 5.05. The predicted molar refractivity (Wildman–Crippen MR) is 82.8 cm³/mol. The fraction of sp³-hybridized carbons (Fsp3) is 0.600. The number of amides is 1. The lowest BCUT2D eigenvalue weighted by atomic mass is 9.97. The van der Waals surface area contributed by atoms with Gasteiger partial charge >= 0.3 is 0 Å². The minimum Gasteiger partial charge on any atom is -0.342 e. The van der Waals surface area contributed by atoms with Crippen LogP contribution in [0.25, 0.3) is 0 Å². The minimum atomic E-state index is 0.137. The lowest BCUT2D eigenvalue weighted by Gasteiger charge is -2.31. The highest BCUT2D eigenvalue weighted by molar-refractivity contribution is 7.09. The van der Waals surface area contributed by atoms with Gasteiger partial charge in [0.2, 0.25) is 11.8 Å². The Bertz CT molecular complexity index is 652. The highest BCUT2D eigenvalue weighted by atomic mass is 32.1. The maximum atomic E-state index is 12.5. The van der Waals surface area contributed by atoms with Crippen molar-refractivity contribution in [2.45, 2.75) is 45.4 Å². The molecular formula is C15H20N4O2S. The molecule has 2 aromatic rings. The predicted octanol–water partition coefficient (Wildman–Crippen LogP) is 2.35. The van der Waals surface area contributed by atoms with Crippen molar-refractivity contribution in [2.75, 3.05) is 13.1 Å². The summed E-state index contributed by atoms with van der Waals surface area (Å²) in [6.45, 7) is 5.34. The van der Waals surface area contributed by atoms with Gasteiger partial charge in [-0.1, -0.05) is 12.1 Å². The zero-order valence-corrected chi connectivity index (χ0v) is 13.7. The van der Waals surface area contributed by atoms with E-state index in [1.54, 1.807) is 18.3 Å². The average Bonchev–Trinajstić information content (AvgIpc) is 3.16. The van der Waals surface area contributed by atoms with E-state index in [4.69, 9.17) is 4.52 Å². The van der Waals surface area contributed by atoms with E-state index in [9.17, 15) is 4.79 Å². The van der Waals surface area contributed by atoms with Crippen molar-refractivity contribution in [1.29, 1.82) is 0 Å². The zero-order valence-electron chi connectivity index (χ0n) is 12.9. The van der Waals surface area contributed by atoms with E-state index in [1.807, 2.05) is 10.3 Å². The fourth-order valence-corrected chi connectivity index (χ4v) is 3.50. The van der Waals surface area contributed by atoms with Crippen molar-refractivity contribution < 1.29 is 9.32 Å². The lowest BCUT2D eigenvalue weighted by molar-refractivity contribution is -0.131. The molecule has 0 radical (unpaired) electrons. The highest BCUT2D eigenvalue weighted by Gasteiger charge is 2.27. The Morgan fingerprint density at radius 3 is 3.05 bits per heavy atom. The van der Waals surface area contributed by atoms with E-state index in [1.165, 1.54) is 0 Å². The van der Waals surface area contributed by atoms with Crippen LogP contribution in [0.3, 0.4) is 0 Å². The van der Waals surface area contributed by atoms with Gasteiger partial charge in [-0.25, -0.2) is 4.98 Å². The van der Waals surface area contributed by atoms with Crippen molar-refractivity contribution in [3.8, 4) is 0 Å². The van der Waals surface area contributed by atoms with Crippen LogP contribution < -0.4 is 0 Å². The number of aromatic nitrogens is 3. The molecule has 0 aromatic carbocycles. The van der Waals surface area contributed by atoms with Crippen LogP contribution in [0, 0.1) is 6.92 Å². The van der Waals surface area contributed by atoms with Crippen molar-refractivity contribution >= 4 is 17.2 Å². The van der Waals surface area contributed by atoms with E-state index in [0.29, 0.717) is 18.9 Å². The number of likely N-dealkylation sites (tertiary alicyclic amines) is 1. The van der Waals surface area contributed by atoms with Crippen molar-refractivity contribution in [2.24, 2.45) is 0 Å². The van der Waals surface area contributed by atoms with Crippen LogP contribution in [-0.2, 0) is 17.6 Å². The third kappa shape index (κ3) is 3.35. The highest BCUT2D eigenvalue weighted by Crippen LogP contribution is 2.25. The Morgan fingerprint density at radius 1 is 1.50 bits per heavy atom. The second-order valence-corrected chi connectivity index (χ2v) is 6.56. The average molecular weight is 320 g/mol. The molecule has 6 nitrogen and oxygen atoms in total. The maximum absolute atomic E-state index is 12.5. The van der Waals surface area contributed by atoms with Gasteiger partial charge in [-0.15, -0.1) is 11.3 Å². The Labute approximate surface area is 133 Å². The third-order valence-electron chi connectivity index (χ3n) is 3.92. The third-order valence-corrected chi connectivity index (χ3v) is 4.96. The van der Waals surface area contributed by atoms with Crippen LogP contribution in [0.2, 0.25) is 0 Å². The summed E-state index contributed by atoms with van der Waals surface area (Å²) in [6, 6.07) is 0. The molecule has 1 fully saturated rings. The van der Waals surface area contributed by atoms with E-state index >= 15 is 0 Å². The number of carbonyl (C=O) groups is 1. The molecule has 0 unspecified atom stereocenters. The first-order valence-electron chi connectivity index (χ1n) is 7.67. The minimum absolute atomic E-state index is 0.137. The van der Waals surface area contributed by atoms with Crippen molar-refractivity contribution in [3.05, 3.63) is 27.8 Å². The molecule has 1 atom stereocenters. The van der Waals surface area contributed by atoms with Crippen LogP contribution >= 0.6 is 11.3 Å². The summed E-state index contributed by atoms with van der Waals surface area (Å²) in [6.07, 6.45) is 3.27. The Hall–Kier alpha value is -1.76. The molecule has 0 bridgehead atoms. The number of rotatable bonds is 4. The molecule has 22 heavy (non-hydrogen) atoms. The number of carbonyl (C=O) groups excluding carboxylic acids is 1. The molecule has 1 aliphatic heterocycles. The summed E-state index contributed by atoms with van der Waals surface area (Å²) in [5, 5.41) is 7.07. The molecule has 118 valence electrons. The molecule has 3 heterocycles. The van der Waals surface area contributed by atoms with Gasteiger partial charge in [0.05, 0.1) is 17.1 Å². The number of thiazole rings is 1. The topological polar surface area (TPSA) is 72.1 Å². The summed E-state index contributed by atoms with van der Waals surface area (Å²) >= 11 is 1.62. The second kappa shape index (κ2) is 6.56. The van der Waals surface area contributed by atoms with E-state index in [2.05, 4.69) is 22.0 Å². The number of aryl methyl sites for hydroxylation is 2. The van der Waals surface area contributed by atoms with E-state index < -0.39 is 0 Å². The smallest absolute Gasteiger partial charge is 0.228 e. The Morgan fingerprint density at radius 2 is 2.36 bits per heavy atom. The van der Waals surface area contributed by atoms with Gasteiger partial charge in [-0.05, 0) is 19.3 Å². The maximum Gasteiger partial charge on any atom is 0.228 e. The van der Waals surface area contributed by atoms with Crippen LogP contribution in [0.1, 0.15) is 48.1 Å². The SMILES string of the molecule is CCc1nc(CC(=O)N2CCC[C@H](c3noc(C)n3)C2)cs1. The van der Waals surface area contributed by atoms with Crippen molar-refractivity contribution in [1.82, 2.24) is 20.0 Å². The van der Waals surface area contributed by atoms with Gasteiger partial charge in [-0.3, -0.25) is 4.79 Å². The fourth-order valence-electron chi connectivity index (χ4n) is 2.75. The van der Waals surface area contributed by atoms with Crippen molar-refractivity contribution in [3.63, 3.8) is 0 Å². The molecule has 1 amide bonds. The first-order valence-corrected chi connectivity index (χ1v) is 8.55. The molecule has 2 aromatic heterocycles. The zero-order chi connectivity index (χ0) is 15.5. The van der Waals surface area contributed by atoms with Gasteiger partial charge < -0.3 is 9.42 Å². The molecule has 0 N–H and O–H groups in total. The lowest BCUT2D eigenvalue weighted by Crippen LogP contribution is -2.40. The number of hydrogen-bond acceptors (Lipinski definition) is 6. The largest absolute Gasteiger partial charge is 0.342 e. The van der Waals surface area contributed by atoms with E-state index in [0.717, 1.165) is 42.3 Å². The van der Waals surface area contributed by atoms with Crippen LogP contribution in [0.15, 0.2) is 9.90 Å². The summed E-state index contributed by atoms with van der Waals surface area (Å²) in [5.74, 6) is 1.61. The normalized spacial score (nSPS) is 18.6. The van der Waals surface area contributed by atoms with E-state index in [-0.39, 0.29) is 11.8 Å². The second-order valence-electron chi connectivity index (χ2n) is 5.61. The van der Waals surface area contributed by atoms with Gasteiger partial charge in [-0.2, -0.15) is 4.98 Å². The monoisotopic (exact) mass is 320 g/mol. The quantitative estimate of drug-likeness (QED) is 0.864. The molecule has 0 spiro atoms. The molecule has 7 heteroatoms. The number of hydrogen-bond donors (Lipinski definition) is 0. The van der Waals surface area contributed by atoms with Crippen LogP contribution in [-0.4, -0.2) is 39.0 Å². The molecule has 0 aliphatic carbocycles. The van der Waals surface area contributed by atoms with Crippen LogP contribution in [0.5, 0.6) is 0 Å². The molecule has 1 aliphatic rings. The summed E-state index contributed by atoms with van der Waals surface area (Å²) in [4.78, 5) is 23.2. The molecule has 1 saturated heterocycles. The Kier molecular flexibility index (Phi) is 4.52. The summed E-state index contributed by atoms with van der Waals surface area (Å²) in [5.41, 5.74) is 0.879. The molecular weight excluding hydrogens is 300 g/mol. The van der Waals surface area contributed by atoms with Gasteiger partial charge in [0, 0.05) is 31.3 Å². The molecule has 0 saturated carbocycles. The van der Waals surface area contributed by atoms with Crippen LogP contribution in [0.4, 0.5) is 0 Å². The first kappa shape index (κ1) is 15.1. The Balaban J connectivity index is 1.62.